The van der Waals surface area contributed by atoms with Gasteiger partial charge in [0, 0.05) is 18.0 Å². The summed E-state index contributed by atoms with van der Waals surface area (Å²) in [6.07, 6.45) is 0. The number of thioether (sulfide) groups is 1. The van der Waals surface area contributed by atoms with E-state index in [2.05, 4.69) is 5.32 Å². The van der Waals surface area contributed by atoms with Crippen molar-refractivity contribution < 1.29 is 18.7 Å². The first kappa shape index (κ1) is 17.4. The fraction of sp³-hybridized carbons (Fsp3) is 0.278. The summed E-state index contributed by atoms with van der Waals surface area (Å²) in [6, 6.07) is 11.2. The van der Waals surface area contributed by atoms with Gasteiger partial charge < -0.3 is 19.7 Å². The molecule has 0 radical (unpaired) electrons. The fourth-order valence-corrected chi connectivity index (χ4v) is 3.93. The molecule has 5 nitrogen and oxygen atoms in total. The lowest BCUT2D eigenvalue weighted by Crippen LogP contribution is -2.34. The van der Waals surface area contributed by atoms with E-state index >= 15 is 0 Å². The number of methoxy groups -OCH3 is 2. The Morgan fingerprint density at radius 2 is 1.88 bits per heavy atom. The summed E-state index contributed by atoms with van der Waals surface area (Å²) in [5.41, 5.74) is 1.53. The van der Waals surface area contributed by atoms with Crippen LogP contribution in [-0.2, 0) is 0 Å². The standard InChI is InChI=1S/C18H19FN2O3S/c1-23-15-8-3-12(11-16(15)24-2)17-21(9-10-25-17)18(22)20-14-6-4-13(19)5-7-14/h3-8,11,17H,9-10H2,1-2H3,(H,20,22)/t17-/m1/s1. The summed E-state index contributed by atoms with van der Waals surface area (Å²) in [4.78, 5) is 14.4. The van der Waals surface area contributed by atoms with E-state index in [1.165, 1.54) is 12.1 Å². The number of anilines is 1. The maximum absolute atomic E-state index is 13.0. The smallest absolute Gasteiger partial charge is 0.323 e. The maximum Gasteiger partial charge on any atom is 0.323 e. The number of rotatable bonds is 4. The van der Waals surface area contributed by atoms with E-state index in [1.807, 2.05) is 18.2 Å². The normalized spacial score (nSPS) is 16.6. The van der Waals surface area contributed by atoms with Crippen LogP contribution in [0.3, 0.4) is 0 Å². The van der Waals surface area contributed by atoms with E-state index in [0.29, 0.717) is 23.7 Å². The molecule has 3 rings (SSSR count). The third-order valence-electron chi connectivity index (χ3n) is 3.94. The molecule has 0 spiro atoms. The zero-order chi connectivity index (χ0) is 17.8. The molecule has 0 aromatic heterocycles. The van der Waals surface area contributed by atoms with Gasteiger partial charge in [0.05, 0.1) is 14.2 Å². The fourth-order valence-electron chi connectivity index (χ4n) is 2.69. The summed E-state index contributed by atoms with van der Waals surface area (Å²) < 4.78 is 23.6. The first-order valence-electron chi connectivity index (χ1n) is 7.79. The number of amides is 2. The quantitative estimate of drug-likeness (QED) is 0.889. The van der Waals surface area contributed by atoms with Gasteiger partial charge in [-0.15, -0.1) is 11.8 Å². The molecule has 1 saturated heterocycles. The van der Waals surface area contributed by atoms with Crippen LogP contribution in [0.1, 0.15) is 10.9 Å². The molecule has 2 amide bonds. The number of hydrogen-bond donors (Lipinski definition) is 1. The van der Waals surface area contributed by atoms with Crippen LogP contribution in [-0.4, -0.2) is 37.4 Å². The minimum Gasteiger partial charge on any atom is -0.493 e. The van der Waals surface area contributed by atoms with Crippen molar-refractivity contribution in [2.24, 2.45) is 0 Å². The number of nitrogens with one attached hydrogen (secondary N) is 1. The molecule has 1 N–H and O–H groups in total. The summed E-state index contributed by atoms with van der Waals surface area (Å²) in [7, 11) is 3.17. The molecule has 0 bridgehead atoms. The predicted molar refractivity (Wildman–Crippen MR) is 96.9 cm³/mol. The Morgan fingerprint density at radius 1 is 1.16 bits per heavy atom. The average Bonchev–Trinajstić information content (AvgIpc) is 3.13. The molecular formula is C18H19FN2O3S. The van der Waals surface area contributed by atoms with Gasteiger partial charge in [0.2, 0.25) is 0 Å². The zero-order valence-corrected chi connectivity index (χ0v) is 14.8. The summed E-state index contributed by atoms with van der Waals surface area (Å²) in [5.74, 6) is 1.79. The summed E-state index contributed by atoms with van der Waals surface area (Å²) in [5, 5.41) is 2.70. The van der Waals surface area contributed by atoms with Crippen LogP contribution >= 0.6 is 11.8 Å². The van der Waals surface area contributed by atoms with Crippen LogP contribution < -0.4 is 14.8 Å². The molecule has 1 aliphatic rings. The Kier molecular flexibility index (Phi) is 5.33. The molecule has 132 valence electrons. The third kappa shape index (κ3) is 3.82. The van der Waals surface area contributed by atoms with Crippen LogP contribution in [0, 0.1) is 5.82 Å². The topological polar surface area (TPSA) is 50.8 Å². The predicted octanol–water partition coefficient (Wildman–Crippen LogP) is 4.12. The monoisotopic (exact) mass is 362 g/mol. The number of carbonyl (C=O) groups excluding carboxylic acids is 1. The number of urea groups is 1. The highest BCUT2D eigenvalue weighted by Crippen LogP contribution is 2.41. The van der Waals surface area contributed by atoms with E-state index in [-0.39, 0.29) is 17.2 Å². The van der Waals surface area contributed by atoms with Gasteiger partial charge in [-0.1, -0.05) is 6.07 Å². The van der Waals surface area contributed by atoms with Gasteiger partial charge in [-0.3, -0.25) is 0 Å². The van der Waals surface area contributed by atoms with Crippen molar-refractivity contribution in [3.63, 3.8) is 0 Å². The lowest BCUT2D eigenvalue weighted by Gasteiger charge is -2.25. The number of benzene rings is 2. The highest BCUT2D eigenvalue weighted by molar-refractivity contribution is 7.99. The van der Waals surface area contributed by atoms with E-state index in [4.69, 9.17) is 9.47 Å². The SMILES string of the molecule is COc1ccc([C@H]2SCCN2C(=O)Nc2ccc(F)cc2)cc1OC. The number of carbonyl (C=O) groups is 1. The van der Waals surface area contributed by atoms with Crippen molar-refractivity contribution in [2.45, 2.75) is 5.37 Å². The van der Waals surface area contributed by atoms with Gasteiger partial charge in [0.25, 0.3) is 0 Å². The number of halogens is 1. The van der Waals surface area contributed by atoms with Gasteiger partial charge in [-0.05, 0) is 42.0 Å². The van der Waals surface area contributed by atoms with Gasteiger partial charge in [0.1, 0.15) is 11.2 Å². The molecule has 25 heavy (non-hydrogen) atoms. The van der Waals surface area contributed by atoms with Gasteiger partial charge >= 0.3 is 6.03 Å². The Bertz CT molecular complexity index is 754. The molecule has 1 atom stereocenters. The van der Waals surface area contributed by atoms with Crippen molar-refractivity contribution >= 4 is 23.5 Å². The summed E-state index contributed by atoms with van der Waals surface area (Å²) in [6.45, 7) is 0.636. The van der Waals surface area contributed by atoms with Crippen LogP contribution in [0.15, 0.2) is 42.5 Å². The van der Waals surface area contributed by atoms with Crippen molar-refractivity contribution in [1.29, 1.82) is 0 Å². The Morgan fingerprint density at radius 3 is 2.56 bits per heavy atom. The highest BCUT2D eigenvalue weighted by atomic mass is 32.2. The first-order valence-corrected chi connectivity index (χ1v) is 8.84. The molecule has 7 heteroatoms. The molecule has 0 aliphatic carbocycles. The third-order valence-corrected chi connectivity index (χ3v) is 5.20. The second kappa shape index (κ2) is 7.65. The second-order valence-corrected chi connectivity index (χ2v) is 6.66. The van der Waals surface area contributed by atoms with Crippen molar-refractivity contribution in [2.75, 3.05) is 31.8 Å². The Labute approximate surface area is 150 Å². The zero-order valence-electron chi connectivity index (χ0n) is 14.0. The van der Waals surface area contributed by atoms with Gasteiger partial charge in [0.15, 0.2) is 11.5 Å². The van der Waals surface area contributed by atoms with Crippen LogP contribution in [0.25, 0.3) is 0 Å². The Balaban J connectivity index is 1.77. The number of ether oxygens (including phenoxy) is 2. The van der Waals surface area contributed by atoms with E-state index in [9.17, 15) is 9.18 Å². The minimum atomic E-state index is -0.335. The van der Waals surface area contributed by atoms with Crippen molar-refractivity contribution in [1.82, 2.24) is 4.90 Å². The summed E-state index contributed by atoms with van der Waals surface area (Å²) >= 11 is 1.69. The lowest BCUT2D eigenvalue weighted by atomic mass is 10.2. The number of hydrogen-bond acceptors (Lipinski definition) is 4. The largest absolute Gasteiger partial charge is 0.493 e. The van der Waals surface area contributed by atoms with Crippen LogP contribution in [0.5, 0.6) is 11.5 Å². The van der Waals surface area contributed by atoms with Gasteiger partial charge in [-0.2, -0.15) is 0 Å². The maximum atomic E-state index is 13.0. The molecule has 2 aromatic rings. The van der Waals surface area contributed by atoms with E-state index in [1.54, 1.807) is 43.0 Å². The lowest BCUT2D eigenvalue weighted by molar-refractivity contribution is 0.214. The molecular weight excluding hydrogens is 343 g/mol. The molecule has 0 unspecified atom stereocenters. The molecule has 2 aromatic carbocycles. The molecule has 1 heterocycles. The average molecular weight is 362 g/mol. The first-order chi connectivity index (χ1) is 12.1. The Hall–Kier alpha value is -2.41. The minimum absolute atomic E-state index is 0.111. The second-order valence-electron chi connectivity index (χ2n) is 5.47. The van der Waals surface area contributed by atoms with Crippen molar-refractivity contribution in [3.8, 4) is 11.5 Å². The van der Waals surface area contributed by atoms with Crippen molar-refractivity contribution in [3.05, 3.63) is 53.8 Å². The molecule has 0 saturated carbocycles. The molecule has 1 fully saturated rings. The number of nitrogens with zero attached hydrogens (tertiary/aromatic N) is 1. The highest BCUT2D eigenvalue weighted by Gasteiger charge is 2.31. The van der Waals surface area contributed by atoms with Gasteiger partial charge in [-0.25, -0.2) is 9.18 Å². The molecule has 1 aliphatic heterocycles. The van der Waals surface area contributed by atoms with Crippen LogP contribution in [0.4, 0.5) is 14.9 Å². The van der Waals surface area contributed by atoms with E-state index in [0.717, 1.165) is 11.3 Å². The van der Waals surface area contributed by atoms with Crippen LogP contribution in [0.2, 0.25) is 0 Å². The van der Waals surface area contributed by atoms with E-state index < -0.39 is 0 Å².